The monoisotopic (exact) mass is 282 g/mol. The summed E-state index contributed by atoms with van der Waals surface area (Å²) >= 11 is 2.01. The van der Waals surface area contributed by atoms with Crippen LogP contribution in [-0.2, 0) is 0 Å². The Kier molecular flexibility index (Phi) is 5.25. The van der Waals surface area contributed by atoms with E-state index in [-0.39, 0.29) is 17.9 Å². The number of hydrogen-bond donors (Lipinski definition) is 1. The van der Waals surface area contributed by atoms with Gasteiger partial charge in [-0.15, -0.1) is 0 Å². The largest absolute Gasteiger partial charge is 0.326 e. The van der Waals surface area contributed by atoms with Crippen molar-refractivity contribution < 1.29 is 4.39 Å². The van der Waals surface area contributed by atoms with Gasteiger partial charge < -0.3 is 5.73 Å². The lowest BCUT2D eigenvalue weighted by atomic mass is 9.96. The molecule has 19 heavy (non-hydrogen) atoms. The molecule has 0 saturated carbocycles. The molecule has 1 aromatic rings. The van der Waals surface area contributed by atoms with Crippen LogP contribution in [0, 0.1) is 5.82 Å². The fraction of sp³-hybridized carbons (Fsp3) is 0.600. The van der Waals surface area contributed by atoms with E-state index >= 15 is 0 Å². The van der Waals surface area contributed by atoms with Crippen molar-refractivity contribution in [2.45, 2.75) is 37.6 Å². The second-order valence-electron chi connectivity index (χ2n) is 5.24. The van der Waals surface area contributed by atoms with Crippen LogP contribution in [0.2, 0.25) is 0 Å². The van der Waals surface area contributed by atoms with Crippen molar-refractivity contribution >= 4 is 11.8 Å². The standard InChI is InChI=1S/C15H23FN2S/c1-3-14(17)15(12-4-6-13(16)7-5-12)18-8-9-19-11(2)10-18/h4-7,11,14-15H,3,8-10,17H2,1-2H3. The zero-order valence-electron chi connectivity index (χ0n) is 11.7. The lowest BCUT2D eigenvalue weighted by molar-refractivity contribution is 0.176. The zero-order chi connectivity index (χ0) is 13.8. The summed E-state index contributed by atoms with van der Waals surface area (Å²) in [6.45, 7) is 6.49. The quantitative estimate of drug-likeness (QED) is 0.920. The zero-order valence-corrected chi connectivity index (χ0v) is 12.5. The van der Waals surface area contributed by atoms with Gasteiger partial charge in [-0.3, -0.25) is 4.90 Å². The van der Waals surface area contributed by atoms with Crippen LogP contribution in [-0.4, -0.2) is 35.0 Å². The van der Waals surface area contributed by atoms with E-state index in [1.807, 2.05) is 23.9 Å². The van der Waals surface area contributed by atoms with Gasteiger partial charge in [0.15, 0.2) is 0 Å². The molecule has 3 atom stereocenters. The predicted octanol–water partition coefficient (Wildman–Crippen LogP) is 3.04. The average Bonchev–Trinajstić information content (AvgIpc) is 2.41. The predicted molar refractivity (Wildman–Crippen MR) is 80.9 cm³/mol. The van der Waals surface area contributed by atoms with E-state index in [1.54, 1.807) is 0 Å². The van der Waals surface area contributed by atoms with E-state index in [2.05, 4.69) is 18.7 Å². The number of nitrogens with zero attached hydrogens (tertiary/aromatic N) is 1. The maximum atomic E-state index is 13.1. The summed E-state index contributed by atoms with van der Waals surface area (Å²) in [7, 11) is 0. The molecular formula is C15H23FN2S. The number of rotatable bonds is 4. The highest BCUT2D eigenvalue weighted by molar-refractivity contribution is 7.99. The van der Waals surface area contributed by atoms with Crippen LogP contribution in [0.15, 0.2) is 24.3 Å². The van der Waals surface area contributed by atoms with Crippen LogP contribution in [0.1, 0.15) is 31.9 Å². The third-order valence-corrected chi connectivity index (χ3v) is 4.89. The summed E-state index contributed by atoms with van der Waals surface area (Å²) in [5, 5.41) is 0.640. The minimum atomic E-state index is -0.185. The van der Waals surface area contributed by atoms with E-state index in [0.29, 0.717) is 5.25 Å². The van der Waals surface area contributed by atoms with Gasteiger partial charge in [-0.1, -0.05) is 26.0 Å². The Labute approximate surface area is 119 Å². The molecule has 4 heteroatoms. The molecule has 0 radical (unpaired) electrons. The first kappa shape index (κ1) is 14.8. The first-order chi connectivity index (χ1) is 9.11. The number of halogens is 1. The molecule has 0 bridgehead atoms. The van der Waals surface area contributed by atoms with Crippen LogP contribution < -0.4 is 5.73 Å². The molecule has 106 valence electrons. The number of nitrogens with two attached hydrogens (primary N) is 1. The summed E-state index contributed by atoms with van der Waals surface area (Å²) in [6.07, 6.45) is 0.931. The number of benzene rings is 1. The van der Waals surface area contributed by atoms with Crippen molar-refractivity contribution in [3.8, 4) is 0 Å². The van der Waals surface area contributed by atoms with Crippen molar-refractivity contribution in [2.75, 3.05) is 18.8 Å². The Bertz CT molecular complexity index is 396. The van der Waals surface area contributed by atoms with Gasteiger partial charge >= 0.3 is 0 Å². The fourth-order valence-electron chi connectivity index (χ4n) is 2.71. The van der Waals surface area contributed by atoms with Crippen molar-refractivity contribution in [2.24, 2.45) is 5.73 Å². The number of hydrogen-bond acceptors (Lipinski definition) is 3. The highest BCUT2D eigenvalue weighted by Gasteiger charge is 2.29. The summed E-state index contributed by atoms with van der Waals surface area (Å²) < 4.78 is 13.1. The molecule has 0 aliphatic carbocycles. The second kappa shape index (κ2) is 6.73. The van der Waals surface area contributed by atoms with Gasteiger partial charge in [0.05, 0.1) is 0 Å². The van der Waals surface area contributed by atoms with Crippen LogP contribution in [0.4, 0.5) is 4.39 Å². The van der Waals surface area contributed by atoms with Gasteiger partial charge in [-0.2, -0.15) is 11.8 Å². The maximum absolute atomic E-state index is 13.1. The van der Waals surface area contributed by atoms with Crippen molar-refractivity contribution in [1.82, 2.24) is 4.90 Å². The Hall–Kier alpha value is -0.580. The first-order valence-electron chi connectivity index (χ1n) is 6.98. The van der Waals surface area contributed by atoms with Crippen LogP contribution in [0.25, 0.3) is 0 Å². The third-order valence-electron chi connectivity index (χ3n) is 3.75. The highest BCUT2D eigenvalue weighted by atomic mass is 32.2. The molecular weight excluding hydrogens is 259 g/mol. The molecule has 3 unspecified atom stereocenters. The summed E-state index contributed by atoms with van der Waals surface area (Å²) in [5.41, 5.74) is 7.46. The number of thioether (sulfide) groups is 1. The van der Waals surface area contributed by atoms with Gasteiger partial charge in [-0.05, 0) is 24.1 Å². The lowest BCUT2D eigenvalue weighted by Crippen LogP contribution is -2.46. The van der Waals surface area contributed by atoms with Crippen molar-refractivity contribution in [1.29, 1.82) is 0 Å². The van der Waals surface area contributed by atoms with Gasteiger partial charge in [0.2, 0.25) is 0 Å². The van der Waals surface area contributed by atoms with E-state index < -0.39 is 0 Å². The van der Waals surface area contributed by atoms with Gasteiger partial charge in [0.25, 0.3) is 0 Å². The molecule has 1 aromatic carbocycles. The molecule has 1 fully saturated rings. The third kappa shape index (κ3) is 3.71. The molecule has 0 aromatic heterocycles. The van der Waals surface area contributed by atoms with Gasteiger partial charge in [0.1, 0.15) is 5.82 Å². The average molecular weight is 282 g/mol. The molecule has 2 N–H and O–H groups in total. The minimum Gasteiger partial charge on any atom is -0.326 e. The molecule has 0 spiro atoms. The summed E-state index contributed by atoms with van der Waals surface area (Å²) in [5.74, 6) is 0.963. The molecule has 1 aliphatic heterocycles. The molecule has 1 heterocycles. The van der Waals surface area contributed by atoms with Crippen LogP contribution >= 0.6 is 11.8 Å². The molecule has 0 amide bonds. The van der Waals surface area contributed by atoms with Gasteiger partial charge in [0, 0.05) is 36.2 Å². The van der Waals surface area contributed by atoms with Crippen molar-refractivity contribution in [3.63, 3.8) is 0 Å². The van der Waals surface area contributed by atoms with E-state index in [0.717, 1.165) is 30.8 Å². The minimum absolute atomic E-state index is 0.0979. The fourth-order valence-corrected chi connectivity index (χ4v) is 3.75. The van der Waals surface area contributed by atoms with Crippen LogP contribution in [0.3, 0.4) is 0 Å². The van der Waals surface area contributed by atoms with E-state index in [1.165, 1.54) is 12.1 Å². The second-order valence-corrected chi connectivity index (χ2v) is 6.79. The Morgan fingerprint density at radius 2 is 2.11 bits per heavy atom. The topological polar surface area (TPSA) is 29.3 Å². The molecule has 1 aliphatic rings. The SMILES string of the molecule is CCC(N)C(c1ccc(F)cc1)N1CCSC(C)C1. The normalized spacial score (nSPS) is 24.1. The molecule has 1 saturated heterocycles. The summed E-state index contributed by atoms with van der Waals surface area (Å²) in [4.78, 5) is 2.46. The molecule has 2 nitrogen and oxygen atoms in total. The van der Waals surface area contributed by atoms with Crippen molar-refractivity contribution in [3.05, 3.63) is 35.6 Å². The maximum Gasteiger partial charge on any atom is 0.123 e. The lowest BCUT2D eigenvalue weighted by Gasteiger charge is -2.40. The molecule has 2 rings (SSSR count). The van der Waals surface area contributed by atoms with E-state index in [4.69, 9.17) is 5.73 Å². The van der Waals surface area contributed by atoms with Gasteiger partial charge in [-0.25, -0.2) is 4.39 Å². The highest BCUT2D eigenvalue weighted by Crippen LogP contribution is 2.30. The summed E-state index contributed by atoms with van der Waals surface area (Å²) in [6, 6.07) is 7.12. The Morgan fingerprint density at radius 3 is 2.68 bits per heavy atom. The van der Waals surface area contributed by atoms with Crippen LogP contribution in [0.5, 0.6) is 0 Å². The Balaban J connectivity index is 2.22. The first-order valence-corrected chi connectivity index (χ1v) is 8.03. The van der Waals surface area contributed by atoms with E-state index in [9.17, 15) is 4.39 Å². The smallest absolute Gasteiger partial charge is 0.123 e. The Morgan fingerprint density at radius 1 is 1.42 bits per heavy atom.